The summed E-state index contributed by atoms with van der Waals surface area (Å²) in [6, 6.07) is 0.357. The van der Waals surface area contributed by atoms with Gasteiger partial charge in [0.2, 0.25) is 0 Å². The van der Waals surface area contributed by atoms with Gasteiger partial charge in [-0.3, -0.25) is 0 Å². The lowest BCUT2D eigenvalue weighted by Gasteiger charge is -2.36. The molecule has 2 heterocycles. The lowest BCUT2D eigenvalue weighted by Crippen LogP contribution is -2.45. The van der Waals surface area contributed by atoms with Crippen molar-refractivity contribution in [3.63, 3.8) is 0 Å². The summed E-state index contributed by atoms with van der Waals surface area (Å²) in [5, 5.41) is 0.450. The van der Waals surface area contributed by atoms with Crippen LogP contribution in [0.25, 0.3) is 0 Å². The molecule has 0 radical (unpaired) electrons. The molecule has 0 aliphatic carbocycles. The van der Waals surface area contributed by atoms with Gasteiger partial charge in [0.05, 0.1) is 23.7 Å². The van der Waals surface area contributed by atoms with Crippen molar-refractivity contribution in [1.82, 2.24) is 9.97 Å². The third-order valence-corrected chi connectivity index (χ3v) is 3.94. The molecule has 0 aromatic carbocycles. The average Bonchev–Trinajstić information content (AvgIpc) is 2.33. The maximum atomic E-state index is 5.97. The van der Waals surface area contributed by atoms with Crippen molar-refractivity contribution in [3.8, 4) is 0 Å². The predicted octanol–water partition coefficient (Wildman–Crippen LogP) is 2.51. The van der Waals surface area contributed by atoms with E-state index in [9.17, 15) is 0 Å². The summed E-state index contributed by atoms with van der Waals surface area (Å²) in [5.41, 5.74) is 0. The van der Waals surface area contributed by atoms with Gasteiger partial charge < -0.3 is 9.64 Å². The SMILES string of the molecule is CCC1COCCN1c1ncnc(Cl)c1Br. The fraction of sp³-hybridized carbons (Fsp3) is 0.600. The second-order valence-corrected chi connectivity index (χ2v) is 4.78. The Balaban J connectivity index is 2.30. The molecule has 1 atom stereocenters. The molecule has 1 saturated heterocycles. The summed E-state index contributed by atoms with van der Waals surface area (Å²) in [6.45, 7) is 4.45. The normalized spacial score (nSPS) is 21.2. The summed E-state index contributed by atoms with van der Waals surface area (Å²) in [7, 11) is 0. The van der Waals surface area contributed by atoms with Crippen molar-refractivity contribution in [2.75, 3.05) is 24.7 Å². The zero-order chi connectivity index (χ0) is 11.5. The largest absolute Gasteiger partial charge is 0.377 e. The lowest BCUT2D eigenvalue weighted by molar-refractivity contribution is 0.0925. The number of rotatable bonds is 2. The van der Waals surface area contributed by atoms with Gasteiger partial charge >= 0.3 is 0 Å². The highest BCUT2D eigenvalue weighted by Crippen LogP contribution is 2.31. The molecule has 1 aliphatic rings. The van der Waals surface area contributed by atoms with Crippen molar-refractivity contribution in [2.45, 2.75) is 19.4 Å². The van der Waals surface area contributed by atoms with Crippen LogP contribution < -0.4 is 4.90 Å². The molecule has 6 heteroatoms. The first-order chi connectivity index (χ1) is 7.74. The van der Waals surface area contributed by atoms with E-state index in [-0.39, 0.29) is 0 Å². The fourth-order valence-electron chi connectivity index (χ4n) is 1.81. The van der Waals surface area contributed by atoms with E-state index in [4.69, 9.17) is 16.3 Å². The number of hydrogen-bond acceptors (Lipinski definition) is 4. The van der Waals surface area contributed by atoms with Crippen molar-refractivity contribution in [3.05, 3.63) is 16.0 Å². The van der Waals surface area contributed by atoms with E-state index < -0.39 is 0 Å². The summed E-state index contributed by atoms with van der Waals surface area (Å²) in [4.78, 5) is 10.4. The highest BCUT2D eigenvalue weighted by Gasteiger charge is 2.25. The number of anilines is 1. The van der Waals surface area contributed by atoms with Gasteiger partial charge in [0.15, 0.2) is 0 Å². The van der Waals surface area contributed by atoms with Crippen LogP contribution in [0, 0.1) is 0 Å². The molecular formula is C10H13BrClN3O. The van der Waals surface area contributed by atoms with E-state index in [1.807, 2.05) is 0 Å². The maximum absolute atomic E-state index is 5.97. The van der Waals surface area contributed by atoms with E-state index in [0.717, 1.165) is 36.5 Å². The second kappa shape index (κ2) is 5.29. The minimum Gasteiger partial charge on any atom is -0.377 e. The van der Waals surface area contributed by atoms with E-state index in [1.165, 1.54) is 6.33 Å². The lowest BCUT2D eigenvalue weighted by atomic mass is 10.2. The van der Waals surface area contributed by atoms with Gasteiger partial charge in [0, 0.05) is 6.54 Å². The first-order valence-corrected chi connectivity index (χ1v) is 6.41. The number of nitrogens with zero attached hydrogens (tertiary/aromatic N) is 3. The van der Waals surface area contributed by atoms with Crippen molar-refractivity contribution < 1.29 is 4.74 Å². The number of hydrogen-bond donors (Lipinski definition) is 0. The number of ether oxygens (including phenoxy) is 1. The molecule has 1 aromatic rings. The van der Waals surface area contributed by atoms with Gasteiger partial charge in [0.1, 0.15) is 17.3 Å². The van der Waals surface area contributed by atoms with E-state index >= 15 is 0 Å². The highest BCUT2D eigenvalue weighted by atomic mass is 79.9. The molecule has 4 nitrogen and oxygen atoms in total. The van der Waals surface area contributed by atoms with Crippen molar-refractivity contribution in [2.24, 2.45) is 0 Å². The molecule has 1 fully saturated rings. The zero-order valence-corrected chi connectivity index (χ0v) is 11.3. The van der Waals surface area contributed by atoms with E-state index in [2.05, 4.69) is 37.7 Å². The smallest absolute Gasteiger partial charge is 0.148 e. The Bertz CT molecular complexity index is 377. The third-order valence-electron chi connectivity index (χ3n) is 2.70. The van der Waals surface area contributed by atoms with Crippen LogP contribution >= 0.6 is 27.5 Å². The van der Waals surface area contributed by atoms with Crippen molar-refractivity contribution in [1.29, 1.82) is 0 Å². The predicted molar refractivity (Wildman–Crippen MR) is 67.0 cm³/mol. The average molecular weight is 307 g/mol. The number of aromatic nitrogens is 2. The molecular weight excluding hydrogens is 293 g/mol. The molecule has 2 rings (SSSR count). The summed E-state index contributed by atoms with van der Waals surface area (Å²) >= 11 is 9.40. The van der Waals surface area contributed by atoms with Crippen LogP contribution in [0.4, 0.5) is 5.82 Å². The summed E-state index contributed by atoms with van der Waals surface area (Å²) in [5.74, 6) is 0.857. The van der Waals surface area contributed by atoms with Gasteiger partial charge in [-0.25, -0.2) is 9.97 Å². The van der Waals surface area contributed by atoms with Crippen LogP contribution in [-0.2, 0) is 4.74 Å². The Kier molecular flexibility index (Phi) is 4.00. The molecule has 0 amide bonds. The van der Waals surface area contributed by atoms with Crippen LogP contribution in [0.15, 0.2) is 10.8 Å². The Hall–Kier alpha value is -0.390. The third kappa shape index (κ3) is 2.31. The number of morpholine rings is 1. The fourth-order valence-corrected chi connectivity index (χ4v) is 2.37. The van der Waals surface area contributed by atoms with Gasteiger partial charge in [0.25, 0.3) is 0 Å². The Morgan fingerprint density at radius 3 is 3.19 bits per heavy atom. The molecule has 1 aliphatic heterocycles. The van der Waals surface area contributed by atoms with E-state index in [0.29, 0.717) is 11.2 Å². The molecule has 0 spiro atoms. The first kappa shape index (κ1) is 12.1. The molecule has 88 valence electrons. The first-order valence-electron chi connectivity index (χ1n) is 5.24. The Labute approximate surface area is 108 Å². The van der Waals surface area contributed by atoms with Gasteiger partial charge in [-0.15, -0.1) is 0 Å². The second-order valence-electron chi connectivity index (χ2n) is 3.63. The minimum absolute atomic E-state index is 0.357. The summed E-state index contributed by atoms with van der Waals surface area (Å²) in [6.07, 6.45) is 2.51. The standard InChI is InChI=1S/C10H13BrClN3O/c1-2-7-5-16-4-3-15(7)10-8(11)9(12)13-6-14-10/h6-7H,2-5H2,1H3. The molecule has 1 aromatic heterocycles. The van der Waals surface area contributed by atoms with E-state index in [1.54, 1.807) is 0 Å². The maximum Gasteiger partial charge on any atom is 0.148 e. The Morgan fingerprint density at radius 2 is 2.44 bits per heavy atom. The molecule has 0 bridgehead atoms. The minimum atomic E-state index is 0.357. The number of halogens is 2. The van der Waals surface area contributed by atoms with Crippen LogP contribution in [0.1, 0.15) is 13.3 Å². The van der Waals surface area contributed by atoms with Crippen LogP contribution in [0.5, 0.6) is 0 Å². The summed E-state index contributed by atoms with van der Waals surface area (Å²) < 4.78 is 6.22. The van der Waals surface area contributed by atoms with Gasteiger partial charge in [-0.05, 0) is 22.4 Å². The van der Waals surface area contributed by atoms with Crippen molar-refractivity contribution >= 4 is 33.3 Å². The van der Waals surface area contributed by atoms with Gasteiger partial charge in [-0.2, -0.15) is 0 Å². The zero-order valence-electron chi connectivity index (χ0n) is 8.99. The monoisotopic (exact) mass is 305 g/mol. The molecule has 0 saturated carbocycles. The van der Waals surface area contributed by atoms with Crippen LogP contribution in [-0.4, -0.2) is 35.8 Å². The van der Waals surface area contributed by atoms with Crippen LogP contribution in [0.3, 0.4) is 0 Å². The quantitative estimate of drug-likeness (QED) is 0.787. The molecule has 0 N–H and O–H groups in total. The molecule has 1 unspecified atom stereocenters. The van der Waals surface area contributed by atoms with Crippen LogP contribution in [0.2, 0.25) is 5.15 Å². The Morgan fingerprint density at radius 1 is 1.62 bits per heavy atom. The van der Waals surface area contributed by atoms with Gasteiger partial charge in [-0.1, -0.05) is 18.5 Å². The topological polar surface area (TPSA) is 38.2 Å². The molecule has 16 heavy (non-hydrogen) atoms. The highest BCUT2D eigenvalue weighted by molar-refractivity contribution is 9.10.